The Morgan fingerprint density at radius 1 is 1.05 bits per heavy atom. The van der Waals surface area contributed by atoms with Gasteiger partial charge in [-0.05, 0) is 53.9 Å². The van der Waals surface area contributed by atoms with Crippen LogP contribution in [-0.4, -0.2) is 89.3 Å². The summed E-state index contributed by atoms with van der Waals surface area (Å²) < 4.78 is 34.9. The molecule has 12 heteroatoms. The van der Waals surface area contributed by atoms with Crippen LogP contribution in [0, 0.1) is 0 Å². The first-order valence-electron chi connectivity index (χ1n) is 12.1. The number of hydrogen-bond donors (Lipinski definition) is 1. The number of amides is 1. The Morgan fingerprint density at radius 2 is 1.81 bits per heavy atom. The number of benzene rings is 2. The van der Waals surface area contributed by atoms with Crippen LogP contribution in [0.3, 0.4) is 0 Å². The molecule has 3 fully saturated rings. The van der Waals surface area contributed by atoms with Crippen LogP contribution in [0.5, 0.6) is 0 Å². The van der Waals surface area contributed by atoms with Gasteiger partial charge in [0, 0.05) is 24.3 Å². The number of rotatable bonds is 4. The minimum Gasteiger partial charge on any atom is -0.391 e. The smallest absolute Gasteiger partial charge is 0.243 e. The summed E-state index contributed by atoms with van der Waals surface area (Å²) in [4.78, 5) is 25.3. The Bertz CT molecular complexity index is 1460. The second kappa shape index (κ2) is 8.88. The van der Waals surface area contributed by atoms with Gasteiger partial charge in [-0.3, -0.25) is 4.79 Å². The van der Waals surface area contributed by atoms with Crippen LogP contribution in [0.15, 0.2) is 59.9 Å². The molecule has 0 aliphatic carbocycles. The third-order valence-electron chi connectivity index (χ3n) is 7.60. The van der Waals surface area contributed by atoms with Crippen molar-refractivity contribution in [2.24, 2.45) is 0 Å². The number of sulfonamides is 1. The molecule has 6 rings (SSSR count). The van der Waals surface area contributed by atoms with E-state index in [9.17, 15) is 18.3 Å². The monoisotopic (exact) mass is 543 g/mol. The second-order valence-electron chi connectivity index (χ2n) is 9.85. The van der Waals surface area contributed by atoms with Gasteiger partial charge in [0.2, 0.25) is 15.9 Å². The van der Waals surface area contributed by atoms with Crippen LogP contribution in [0.25, 0.3) is 10.8 Å². The molecule has 37 heavy (non-hydrogen) atoms. The van der Waals surface area contributed by atoms with Crippen molar-refractivity contribution < 1.29 is 23.1 Å². The highest BCUT2D eigenvalue weighted by Gasteiger charge is 2.60. The van der Waals surface area contributed by atoms with Crippen molar-refractivity contribution in [2.75, 3.05) is 44.2 Å². The van der Waals surface area contributed by atoms with Gasteiger partial charge in [-0.15, -0.1) is 0 Å². The Morgan fingerprint density at radius 3 is 2.54 bits per heavy atom. The number of hydrogen-bond acceptors (Lipinski definition) is 8. The van der Waals surface area contributed by atoms with E-state index in [1.165, 1.54) is 17.3 Å². The van der Waals surface area contributed by atoms with Gasteiger partial charge in [0.05, 0.1) is 36.7 Å². The number of aliphatic hydroxyl groups is 1. The normalized spacial score (nSPS) is 24.1. The summed E-state index contributed by atoms with van der Waals surface area (Å²) in [7, 11) is -4.03. The summed E-state index contributed by atoms with van der Waals surface area (Å²) in [5.41, 5.74) is -2.09. The van der Waals surface area contributed by atoms with Gasteiger partial charge in [0.15, 0.2) is 5.72 Å². The quantitative estimate of drug-likeness (QED) is 0.530. The number of anilines is 1. The SMILES string of the molecule is O=C1CN(S(=O)(=O)c2ccc3cc(Cl)ccc3c2)CC2(CO)OC3(CCN(c4ccncn4)CC3)CN12. The summed E-state index contributed by atoms with van der Waals surface area (Å²) in [6, 6.07) is 11.8. The fourth-order valence-electron chi connectivity index (χ4n) is 5.64. The Balaban J connectivity index is 1.25. The average Bonchev–Trinajstić information content (AvgIpc) is 3.24. The number of nitrogens with zero attached hydrogens (tertiary/aromatic N) is 5. The zero-order valence-electron chi connectivity index (χ0n) is 20.0. The molecule has 3 aliphatic rings. The molecule has 194 valence electrons. The number of carbonyl (C=O) groups is 1. The lowest BCUT2D eigenvalue weighted by atomic mass is 9.91. The van der Waals surface area contributed by atoms with Crippen LogP contribution in [0.4, 0.5) is 5.82 Å². The van der Waals surface area contributed by atoms with Crippen molar-refractivity contribution in [1.29, 1.82) is 0 Å². The highest BCUT2D eigenvalue weighted by Crippen LogP contribution is 2.44. The number of piperidine rings is 1. The Labute approximate surface area is 219 Å². The number of aliphatic hydroxyl groups excluding tert-OH is 1. The highest BCUT2D eigenvalue weighted by molar-refractivity contribution is 7.89. The van der Waals surface area contributed by atoms with Crippen LogP contribution in [0.2, 0.25) is 5.02 Å². The molecule has 0 bridgehead atoms. The number of carbonyl (C=O) groups excluding carboxylic acids is 1. The molecule has 1 spiro atoms. The fourth-order valence-corrected chi connectivity index (χ4v) is 7.29. The molecule has 10 nitrogen and oxygen atoms in total. The van der Waals surface area contributed by atoms with Gasteiger partial charge in [-0.2, -0.15) is 4.31 Å². The highest BCUT2D eigenvalue weighted by atomic mass is 35.5. The van der Waals surface area contributed by atoms with Crippen molar-refractivity contribution in [1.82, 2.24) is 19.2 Å². The second-order valence-corrected chi connectivity index (χ2v) is 12.2. The average molecular weight is 544 g/mol. The largest absolute Gasteiger partial charge is 0.391 e. The molecule has 1 aromatic heterocycles. The van der Waals surface area contributed by atoms with Crippen molar-refractivity contribution in [3.8, 4) is 0 Å². The number of ether oxygens (including phenoxy) is 1. The minimum absolute atomic E-state index is 0.0718. The molecule has 4 heterocycles. The molecule has 1 atom stereocenters. The maximum Gasteiger partial charge on any atom is 0.243 e. The van der Waals surface area contributed by atoms with Crippen LogP contribution in [-0.2, 0) is 19.6 Å². The molecule has 0 saturated carbocycles. The zero-order chi connectivity index (χ0) is 25.8. The van der Waals surface area contributed by atoms with E-state index in [0.717, 1.165) is 20.9 Å². The predicted molar refractivity (Wildman–Crippen MR) is 137 cm³/mol. The first-order valence-corrected chi connectivity index (χ1v) is 13.9. The molecular formula is C25H26ClN5O5S. The Hall–Kier alpha value is -2.83. The van der Waals surface area contributed by atoms with E-state index in [2.05, 4.69) is 14.9 Å². The summed E-state index contributed by atoms with van der Waals surface area (Å²) in [6.07, 6.45) is 4.42. The van der Waals surface area contributed by atoms with E-state index in [4.69, 9.17) is 16.3 Å². The van der Waals surface area contributed by atoms with Crippen molar-refractivity contribution in [2.45, 2.75) is 29.1 Å². The first-order chi connectivity index (χ1) is 17.7. The van der Waals surface area contributed by atoms with Gasteiger partial charge < -0.3 is 19.6 Å². The first kappa shape index (κ1) is 24.5. The van der Waals surface area contributed by atoms with E-state index >= 15 is 0 Å². The molecule has 0 radical (unpaired) electrons. The standard InChI is InChI=1S/C25H26ClN5O5S/c26-20-3-1-19-12-21(4-2-18(19)11-20)37(34,35)30-13-23(33)31-14-24(36-25(31,15-30)16-32)6-9-29(10-7-24)22-5-8-27-17-28-22/h1-5,8,11-12,17,32H,6-7,9-10,13-16H2. The number of halogens is 1. The molecule has 3 aromatic rings. The maximum absolute atomic E-state index is 13.6. The molecule has 1 N–H and O–H groups in total. The number of aromatic nitrogens is 2. The fraction of sp³-hybridized carbons (Fsp3) is 0.400. The van der Waals surface area contributed by atoms with Gasteiger partial charge in [0.1, 0.15) is 12.1 Å². The predicted octanol–water partition coefficient (Wildman–Crippen LogP) is 1.87. The lowest BCUT2D eigenvalue weighted by molar-refractivity contribution is -0.191. The van der Waals surface area contributed by atoms with Crippen LogP contribution in [0.1, 0.15) is 12.8 Å². The third-order valence-corrected chi connectivity index (χ3v) is 9.63. The van der Waals surface area contributed by atoms with Crippen molar-refractivity contribution in [3.05, 3.63) is 60.0 Å². The van der Waals surface area contributed by atoms with Crippen LogP contribution >= 0.6 is 11.6 Å². The minimum atomic E-state index is -4.03. The van der Waals surface area contributed by atoms with Gasteiger partial charge in [0.25, 0.3) is 0 Å². The summed E-state index contributed by atoms with van der Waals surface area (Å²) in [6.45, 7) is 0.670. The molecule has 1 amide bonds. The lowest BCUT2D eigenvalue weighted by Gasteiger charge is -2.44. The molecule has 1 unspecified atom stereocenters. The van der Waals surface area contributed by atoms with Crippen molar-refractivity contribution in [3.63, 3.8) is 0 Å². The van der Waals surface area contributed by atoms with Crippen LogP contribution < -0.4 is 4.90 Å². The van der Waals surface area contributed by atoms with Gasteiger partial charge >= 0.3 is 0 Å². The molecule has 3 saturated heterocycles. The van der Waals surface area contributed by atoms with Crippen molar-refractivity contribution >= 4 is 44.1 Å². The molecular weight excluding hydrogens is 518 g/mol. The summed E-state index contributed by atoms with van der Waals surface area (Å²) >= 11 is 6.06. The van der Waals surface area contributed by atoms with E-state index in [1.807, 2.05) is 6.07 Å². The van der Waals surface area contributed by atoms with E-state index in [0.29, 0.717) is 37.5 Å². The summed E-state index contributed by atoms with van der Waals surface area (Å²) in [5.74, 6) is 0.440. The van der Waals surface area contributed by atoms with E-state index in [-0.39, 0.29) is 23.9 Å². The van der Waals surface area contributed by atoms with E-state index < -0.39 is 28.0 Å². The van der Waals surface area contributed by atoms with E-state index in [1.54, 1.807) is 36.5 Å². The van der Waals surface area contributed by atoms with Gasteiger partial charge in [-0.25, -0.2) is 18.4 Å². The number of piperazine rings is 1. The maximum atomic E-state index is 13.6. The zero-order valence-corrected chi connectivity index (χ0v) is 21.5. The number of fused-ring (bicyclic) bond motifs is 2. The Kier molecular flexibility index (Phi) is 5.88. The molecule has 2 aromatic carbocycles. The topological polar surface area (TPSA) is 116 Å². The van der Waals surface area contributed by atoms with Gasteiger partial charge in [-0.1, -0.05) is 23.7 Å². The summed E-state index contributed by atoms with van der Waals surface area (Å²) in [5, 5.41) is 12.5. The third kappa shape index (κ3) is 4.15. The molecule has 3 aliphatic heterocycles. The lowest BCUT2D eigenvalue weighted by Crippen LogP contribution is -2.65.